The molecule has 0 saturated carbocycles. The summed E-state index contributed by atoms with van der Waals surface area (Å²) < 4.78 is 4.98. The number of hydrogen-bond acceptors (Lipinski definition) is 6. The van der Waals surface area contributed by atoms with Crippen LogP contribution in [0.3, 0.4) is 0 Å². The SMILES string of the molecule is CCOC(=O)c1cnc(N2CC3CN(C(=O)c4ccc5ccccc5c4)CC3C2)nc1. The molecular weight excluding hydrogens is 392 g/mol. The maximum atomic E-state index is 13.1. The van der Waals surface area contributed by atoms with Crippen molar-refractivity contribution < 1.29 is 14.3 Å². The number of nitrogens with zero attached hydrogens (tertiary/aromatic N) is 4. The Bertz CT molecular complexity index is 1120. The Morgan fingerprint density at radius 2 is 1.61 bits per heavy atom. The summed E-state index contributed by atoms with van der Waals surface area (Å²) >= 11 is 0. The summed E-state index contributed by atoms with van der Waals surface area (Å²) in [5.74, 6) is 1.11. The molecule has 3 aromatic rings. The lowest BCUT2D eigenvalue weighted by atomic mass is 10.0. The molecule has 2 aromatic carbocycles. The Hall–Kier alpha value is -3.48. The normalized spacial score (nSPS) is 20.2. The van der Waals surface area contributed by atoms with E-state index in [1.165, 1.54) is 12.4 Å². The standard InChI is InChI=1S/C24H24N4O3/c1-2-31-23(30)19-10-25-24(26-11-19)28-14-20-12-27(13-21(20)15-28)22(29)18-8-7-16-5-3-4-6-17(16)9-18/h3-11,20-21H,2,12-15H2,1H3. The average molecular weight is 416 g/mol. The summed E-state index contributed by atoms with van der Waals surface area (Å²) in [6, 6.07) is 14.0. The molecule has 0 radical (unpaired) electrons. The van der Waals surface area contributed by atoms with Crippen LogP contribution in [0.2, 0.25) is 0 Å². The first-order valence-electron chi connectivity index (χ1n) is 10.6. The van der Waals surface area contributed by atoms with Gasteiger partial charge < -0.3 is 14.5 Å². The van der Waals surface area contributed by atoms with E-state index in [9.17, 15) is 9.59 Å². The minimum atomic E-state index is -0.407. The van der Waals surface area contributed by atoms with Crippen LogP contribution in [0.25, 0.3) is 10.8 Å². The average Bonchev–Trinajstić information content (AvgIpc) is 3.38. The molecule has 3 heterocycles. The summed E-state index contributed by atoms with van der Waals surface area (Å²) in [4.78, 5) is 37.7. The Morgan fingerprint density at radius 1 is 0.935 bits per heavy atom. The van der Waals surface area contributed by atoms with Crippen molar-refractivity contribution in [2.75, 3.05) is 37.7 Å². The molecule has 2 unspecified atom stereocenters. The summed E-state index contributed by atoms with van der Waals surface area (Å²) in [6.45, 7) is 5.20. The molecule has 2 atom stereocenters. The molecule has 0 spiro atoms. The number of benzene rings is 2. The van der Waals surface area contributed by atoms with Gasteiger partial charge in [-0.3, -0.25) is 4.79 Å². The summed E-state index contributed by atoms with van der Waals surface area (Å²) in [5.41, 5.74) is 1.10. The molecule has 0 N–H and O–H groups in total. The number of aromatic nitrogens is 2. The fourth-order valence-electron chi connectivity index (χ4n) is 4.63. The van der Waals surface area contributed by atoms with Crippen molar-refractivity contribution in [3.8, 4) is 0 Å². The van der Waals surface area contributed by atoms with Gasteiger partial charge in [0.1, 0.15) is 0 Å². The van der Waals surface area contributed by atoms with Crippen LogP contribution in [0, 0.1) is 11.8 Å². The lowest BCUT2D eigenvalue weighted by molar-refractivity contribution is 0.0525. The summed E-state index contributed by atoms with van der Waals surface area (Å²) in [7, 11) is 0. The molecule has 2 aliphatic rings. The van der Waals surface area contributed by atoms with Crippen LogP contribution in [0.15, 0.2) is 54.9 Å². The van der Waals surface area contributed by atoms with E-state index in [2.05, 4.69) is 20.9 Å². The zero-order chi connectivity index (χ0) is 21.4. The highest BCUT2D eigenvalue weighted by Crippen LogP contribution is 2.33. The zero-order valence-corrected chi connectivity index (χ0v) is 17.4. The van der Waals surface area contributed by atoms with Crippen molar-refractivity contribution in [1.29, 1.82) is 0 Å². The third-order valence-corrected chi connectivity index (χ3v) is 6.20. The van der Waals surface area contributed by atoms with Crippen molar-refractivity contribution in [1.82, 2.24) is 14.9 Å². The summed E-state index contributed by atoms with van der Waals surface area (Å²) in [6.07, 6.45) is 3.04. The first-order valence-corrected chi connectivity index (χ1v) is 10.6. The molecule has 1 amide bonds. The maximum absolute atomic E-state index is 13.1. The first kappa shape index (κ1) is 19.5. The van der Waals surface area contributed by atoms with Gasteiger partial charge in [0.2, 0.25) is 5.95 Å². The van der Waals surface area contributed by atoms with E-state index in [-0.39, 0.29) is 5.91 Å². The molecule has 31 heavy (non-hydrogen) atoms. The van der Waals surface area contributed by atoms with Crippen LogP contribution in [0.1, 0.15) is 27.6 Å². The van der Waals surface area contributed by atoms with Crippen LogP contribution in [0.5, 0.6) is 0 Å². The van der Waals surface area contributed by atoms with Gasteiger partial charge in [0.05, 0.1) is 12.2 Å². The minimum absolute atomic E-state index is 0.0988. The molecule has 0 bridgehead atoms. The maximum Gasteiger partial charge on any atom is 0.341 e. The van der Waals surface area contributed by atoms with E-state index in [1.54, 1.807) is 6.92 Å². The molecule has 2 aliphatic heterocycles. The quantitative estimate of drug-likeness (QED) is 0.609. The third kappa shape index (κ3) is 3.71. The van der Waals surface area contributed by atoms with Crippen LogP contribution >= 0.6 is 0 Å². The lowest BCUT2D eigenvalue weighted by Crippen LogP contribution is -2.33. The molecule has 2 saturated heterocycles. The second-order valence-corrected chi connectivity index (χ2v) is 8.19. The van der Waals surface area contributed by atoms with E-state index in [0.717, 1.165) is 42.5 Å². The van der Waals surface area contributed by atoms with E-state index in [0.29, 0.717) is 30.0 Å². The number of esters is 1. The van der Waals surface area contributed by atoms with Gasteiger partial charge in [-0.25, -0.2) is 14.8 Å². The molecule has 1 aromatic heterocycles. The van der Waals surface area contributed by atoms with Gasteiger partial charge in [-0.05, 0) is 29.8 Å². The van der Waals surface area contributed by atoms with Gasteiger partial charge in [-0.15, -0.1) is 0 Å². The largest absolute Gasteiger partial charge is 0.462 e. The van der Waals surface area contributed by atoms with E-state index in [4.69, 9.17) is 4.74 Å². The number of amides is 1. The highest BCUT2D eigenvalue weighted by Gasteiger charge is 2.42. The fraction of sp³-hybridized carbons (Fsp3) is 0.333. The zero-order valence-electron chi connectivity index (χ0n) is 17.4. The molecule has 7 heteroatoms. The second kappa shape index (κ2) is 7.98. The predicted molar refractivity (Wildman–Crippen MR) is 117 cm³/mol. The molecular formula is C24H24N4O3. The first-order chi connectivity index (χ1) is 15.1. The number of hydrogen-bond donors (Lipinski definition) is 0. The Balaban J connectivity index is 1.23. The lowest BCUT2D eigenvalue weighted by Gasteiger charge is -2.22. The Morgan fingerprint density at radius 3 is 2.29 bits per heavy atom. The highest BCUT2D eigenvalue weighted by molar-refractivity contribution is 5.98. The number of anilines is 1. The predicted octanol–water partition coefficient (Wildman–Crippen LogP) is 3.01. The van der Waals surface area contributed by atoms with Gasteiger partial charge in [0, 0.05) is 56.0 Å². The van der Waals surface area contributed by atoms with Crippen LogP contribution in [-0.2, 0) is 4.74 Å². The number of ether oxygens (including phenoxy) is 1. The van der Waals surface area contributed by atoms with Crippen molar-refractivity contribution in [3.63, 3.8) is 0 Å². The Kier molecular flexibility index (Phi) is 5.02. The monoisotopic (exact) mass is 416 g/mol. The third-order valence-electron chi connectivity index (χ3n) is 6.20. The molecule has 5 rings (SSSR count). The van der Waals surface area contributed by atoms with E-state index >= 15 is 0 Å². The van der Waals surface area contributed by atoms with E-state index < -0.39 is 5.97 Å². The van der Waals surface area contributed by atoms with E-state index in [1.807, 2.05) is 41.3 Å². The number of fused-ring (bicyclic) bond motifs is 2. The van der Waals surface area contributed by atoms with Crippen molar-refractivity contribution in [3.05, 3.63) is 66.0 Å². The number of rotatable bonds is 4. The smallest absolute Gasteiger partial charge is 0.341 e. The van der Waals surface area contributed by atoms with Gasteiger partial charge in [-0.1, -0.05) is 30.3 Å². The van der Waals surface area contributed by atoms with Crippen LogP contribution in [0.4, 0.5) is 5.95 Å². The number of carbonyl (C=O) groups is 2. The highest BCUT2D eigenvalue weighted by atomic mass is 16.5. The molecule has 2 fully saturated rings. The van der Waals surface area contributed by atoms with Gasteiger partial charge >= 0.3 is 5.97 Å². The van der Waals surface area contributed by atoms with Gasteiger partial charge in [0.25, 0.3) is 5.91 Å². The number of carbonyl (C=O) groups excluding carboxylic acids is 2. The molecule has 158 valence electrons. The summed E-state index contributed by atoms with van der Waals surface area (Å²) in [5, 5.41) is 2.23. The minimum Gasteiger partial charge on any atom is -0.462 e. The number of likely N-dealkylation sites (tertiary alicyclic amines) is 1. The second-order valence-electron chi connectivity index (χ2n) is 8.19. The van der Waals surface area contributed by atoms with Crippen molar-refractivity contribution >= 4 is 28.6 Å². The van der Waals surface area contributed by atoms with Gasteiger partial charge in [-0.2, -0.15) is 0 Å². The van der Waals surface area contributed by atoms with Crippen LogP contribution in [-0.4, -0.2) is 59.5 Å². The van der Waals surface area contributed by atoms with Crippen molar-refractivity contribution in [2.45, 2.75) is 6.92 Å². The van der Waals surface area contributed by atoms with Crippen LogP contribution < -0.4 is 4.90 Å². The topological polar surface area (TPSA) is 75.6 Å². The van der Waals surface area contributed by atoms with Gasteiger partial charge in [0.15, 0.2) is 0 Å². The Labute approximate surface area is 180 Å². The fourth-order valence-corrected chi connectivity index (χ4v) is 4.63. The van der Waals surface area contributed by atoms with Crippen molar-refractivity contribution in [2.24, 2.45) is 11.8 Å². The molecule has 7 nitrogen and oxygen atoms in total. The molecule has 0 aliphatic carbocycles.